The van der Waals surface area contributed by atoms with Crippen LogP contribution < -0.4 is 4.74 Å². The van der Waals surface area contributed by atoms with Gasteiger partial charge in [-0.25, -0.2) is 0 Å². The molecule has 1 aromatic rings. The SMILES string of the molecule is CC(C)=C[C@@H]1COc2c(C)cccc2[C@@H]1C[N+](=O)[O-]. The molecule has 0 saturated heterocycles. The van der Waals surface area contributed by atoms with Crippen LogP contribution in [0.3, 0.4) is 0 Å². The molecule has 0 spiro atoms. The molecular formula is C15H19NO3. The topological polar surface area (TPSA) is 52.4 Å². The van der Waals surface area contributed by atoms with Crippen molar-refractivity contribution in [3.05, 3.63) is 51.1 Å². The van der Waals surface area contributed by atoms with Gasteiger partial charge < -0.3 is 4.74 Å². The van der Waals surface area contributed by atoms with Gasteiger partial charge >= 0.3 is 0 Å². The Morgan fingerprint density at radius 3 is 2.89 bits per heavy atom. The highest BCUT2D eigenvalue weighted by Crippen LogP contribution is 2.40. The molecule has 0 amide bonds. The van der Waals surface area contributed by atoms with Gasteiger partial charge in [0.1, 0.15) is 5.75 Å². The molecule has 1 aromatic carbocycles. The average molecular weight is 261 g/mol. The highest BCUT2D eigenvalue weighted by Gasteiger charge is 2.33. The first-order valence-corrected chi connectivity index (χ1v) is 6.48. The lowest BCUT2D eigenvalue weighted by molar-refractivity contribution is -0.484. The summed E-state index contributed by atoms with van der Waals surface area (Å²) in [6, 6.07) is 5.86. The predicted octanol–water partition coefficient (Wildman–Crippen LogP) is 3.33. The van der Waals surface area contributed by atoms with Crippen LogP contribution in [0.5, 0.6) is 5.75 Å². The number of benzene rings is 1. The monoisotopic (exact) mass is 261 g/mol. The molecule has 19 heavy (non-hydrogen) atoms. The van der Waals surface area contributed by atoms with Gasteiger partial charge in [0.05, 0.1) is 12.5 Å². The second-order valence-electron chi connectivity index (χ2n) is 5.33. The first-order chi connectivity index (χ1) is 8.99. The third-order valence-corrected chi connectivity index (χ3v) is 3.47. The fourth-order valence-electron chi connectivity index (χ4n) is 2.68. The number of fused-ring (bicyclic) bond motifs is 1. The van der Waals surface area contributed by atoms with Crippen LogP contribution in [0.2, 0.25) is 0 Å². The molecule has 0 fully saturated rings. The van der Waals surface area contributed by atoms with E-state index in [2.05, 4.69) is 6.08 Å². The highest BCUT2D eigenvalue weighted by atomic mass is 16.6. The first-order valence-electron chi connectivity index (χ1n) is 6.48. The summed E-state index contributed by atoms with van der Waals surface area (Å²) in [5.41, 5.74) is 3.17. The molecule has 1 heterocycles. The molecule has 2 rings (SSSR count). The first kappa shape index (κ1) is 13.6. The van der Waals surface area contributed by atoms with E-state index in [0.29, 0.717) is 6.61 Å². The number of para-hydroxylation sites is 1. The summed E-state index contributed by atoms with van der Waals surface area (Å²) in [6.07, 6.45) is 2.08. The van der Waals surface area contributed by atoms with Crippen molar-refractivity contribution in [1.82, 2.24) is 0 Å². The van der Waals surface area contributed by atoms with Crippen LogP contribution in [0, 0.1) is 23.0 Å². The minimum absolute atomic E-state index is 0.0474. The lowest BCUT2D eigenvalue weighted by Crippen LogP contribution is -2.30. The molecule has 1 aliphatic heterocycles. The predicted molar refractivity (Wildman–Crippen MR) is 74.2 cm³/mol. The minimum atomic E-state index is -0.228. The summed E-state index contributed by atoms with van der Waals surface area (Å²) in [6.45, 7) is 6.46. The third kappa shape index (κ3) is 2.95. The molecule has 0 bridgehead atoms. The number of nitrogens with zero attached hydrogens (tertiary/aromatic N) is 1. The Morgan fingerprint density at radius 1 is 1.53 bits per heavy atom. The van der Waals surface area contributed by atoms with E-state index in [9.17, 15) is 10.1 Å². The van der Waals surface area contributed by atoms with Gasteiger partial charge in [-0.3, -0.25) is 10.1 Å². The highest BCUT2D eigenvalue weighted by molar-refractivity contribution is 5.45. The van der Waals surface area contributed by atoms with Crippen molar-refractivity contribution < 1.29 is 9.66 Å². The van der Waals surface area contributed by atoms with Crippen LogP contribution in [0.25, 0.3) is 0 Å². The van der Waals surface area contributed by atoms with Gasteiger partial charge in [-0.15, -0.1) is 0 Å². The number of aryl methyl sites for hydroxylation is 1. The third-order valence-electron chi connectivity index (χ3n) is 3.47. The van der Waals surface area contributed by atoms with Crippen LogP contribution in [0.1, 0.15) is 30.9 Å². The lowest BCUT2D eigenvalue weighted by atomic mass is 9.82. The molecule has 0 saturated carbocycles. The molecule has 0 aliphatic carbocycles. The maximum Gasteiger partial charge on any atom is 0.211 e. The van der Waals surface area contributed by atoms with Crippen molar-refractivity contribution >= 4 is 0 Å². The van der Waals surface area contributed by atoms with E-state index < -0.39 is 0 Å². The molecular weight excluding hydrogens is 242 g/mol. The molecule has 0 N–H and O–H groups in total. The van der Waals surface area contributed by atoms with E-state index in [1.807, 2.05) is 39.0 Å². The second kappa shape index (κ2) is 5.43. The number of rotatable bonds is 3. The minimum Gasteiger partial charge on any atom is -0.492 e. The molecule has 4 heteroatoms. The number of ether oxygens (including phenoxy) is 1. The fraction of sp³-hybridized carbons (Fsp3) is 0.467. The summed E-state index contributed by atoms with van der Waals surface area (Å²) in [5, 5.41) is 10.9. The van der Waals surface area contributed by atoms with Gasteiger partial charge in [0, 0.05) is 16.4 Å². The zero-order chi connectivity index (χ0) is 14.0. The van der Waals surface area contributed by atoms with Gasteiger partial charge in [0.25, 0.3) is 0 Å². The Balaban J connectivity index is 2.42. The summed E-state index contributed by atoms with van der Waals surface area (Å²) in [5.74, 6) is 0.797. The van der Waals surface area contributed by atoms with Gasteiger partial charge in [-0.2, -0.15) is 0 Å². The zero-order valence-corrected chi connectivity index (χ0v) is 11.6. The van der Waals surface area contributed by atoms with Gasteiger partial charge in [0.2, 0.25) is 6.54 Å². The van der Waals surface area contributed by atoms with Crippen molar-refractivity contribution in [3.63, 3.8) is 0 Å². The summed E-state index contributed by atoms with van der Waals surface area (Å²) in [4.78, 5) is 10.7. The van der Waals surface area contributed by atoms with E-state index in [-0.39, 0.29) is 23.3 Å². The average Bonchev–Trinajstić information content (AvgIpc) is 2.31. The Labute approximate surface area is 113 Å². The van der Waals surface area contributed by atoms with Crippen LogP contribution in [-0.2, 0) is 0 Å². The van der Waals surface area contributed by atoms with Gasteiger partial charge in [-0.05, 0) is 26.3 Å². The molecule has 2 atom stereocenters. The standard InChI is InChI=1S/C15H19NO3/c1-10(2)7-12-9-19-15-11(3)5-4-6-13(15)14(12)8-16(17)18/h4-7,12,14H,8-9H2,1-3H3/t12-,14-/m1/s1. The Bertz CT molecular complexity index is 518. The maximum atomic E-state index is 10.9. The summed E-state index contributed by atoms with van der Waals surface area (Å²) in [7, 11) is 0. The second-order valence-corrected chi connectivity index (χ2v) is 5.33. The van der Waals surface area contributed by atoms with Crippen molar-refractivity contribution in [2.75, 3.05) is 13.2 Å². The van der Waals surface area contributed by atoms with Gasteiger partial charge in [-0.1, -0.05) is 29.8 Å². The Morgan fingerprint density at radius 2 is 2.26 bits per heavy atom. The molecule has 0 unspecified atom stereocenters. The Hall–Kier alpha value is -1.84. The van der Waals surface area contributed by atoms with Crippen molar-refractivity contribution in [2.24, 2.45) is 5.92 Å². The summed E-state index contributed by atoms with van der Waals surface area (Å²) < 4.78 is 5.81. The van der Waals surface area contributed by atoms with E-state index in [1.165, 1.54) is 0 Å². The molecule has 102 valence electrons. The largest absolute Gasteiger partial charge is 0.492 e. The van der Waals surface area contributed by atoms with E-state index in [1.54, 1.807) is 0 Å². The quantitative estimate of drug-likeness (QED) is 0.476. The van der Waals surface area contributed by atoms with Crippen LogP contribution >= 0.6 is 0 Å². The van der Waals surface area contributed by atoms with Crippen LogP contribution in [0.15, 0.2) is 29.8 Å². The maximum absolute atomic E-state index is 10.9. The molecule has 4 nitrogen and oxygen atoms in total. The Kier molecular flexibility index (Phi) is 3.88. The van der Waals surface area contributed by atoms with Gasteiger partial charge in [0.15, 0.2) is 0 Å². The zero-order valence-electron chi connectivity index (χ0n) is 11.6. The fourth-order valence-corrected chi connectivity index (χ4v) is 2.68. The molecule has 0 radical (unpaired) electrons. The normalized spacial score (nSPS) is 21.2. The van der Waals surface area contributed by atoms with Crippen molar-refractivity contribution in [2.45, 2.75) is 26.7 Å². The van der Waals surface area contributed by atoms with E-state index in [4.69, 9.17) is 4.74 Å². The molecule has 1 aliphatic rings. The van der Waals surface area contributed by atoms with Crippen LogP contribution in [0.4, 0.5) is 0 Å². The molecule has 0 aromatic heterocycles. The number of hydrogen-bond acceptors (Lipinski definition) is 3. The van der Waals surface area contributed by atoms with Crippen molar-refractivity contribution in [1.29, 1.82) is 0 Å². The number of allylic oxidation sites excluding steroid dienone is 1. The number of nitro groups is 1. The summed E-state index contributed by atoms with van der Waals surface area (Å²) >= 11 is 0. The number of hydrogen-bond donors (Lipinski definition) is 0. The smallest absolute Gasteiger partial charge is 0.211 e. The van der Waals surface area contributed by atoms with Crippen LogP contribution in [-0.4, -0.2) is 18.1 Å². The van der Waals surface area contributed by atoms with E-state index in [0.717, 1.165) is 22.4 Å². The van der Waals surface area contributed by atoms with E-state index >= 15 is 0 Å². The van der Waals surface area contributed by atoms with Crippen molar-refractivity contribution in [3.8, 4) is 5.75 Å². The lowest BCUT2D eigenvalue weighted by Gasteiger charge is -2.31.